The summed E-state index contributed by atoms with van der Waals surface area (Å²) in [5.74, 6) is 0. The third-order valence-electron chi connectivity index (χ3n) is 5.24. The quantitative estimate of drug-likeness (QED) is 0.1000. The fraction of sp³-hybridized carbons (Fsp3) is 1.00. The fourth-order valence-electron chi connectivity index (χ4n) is 3.39. The Hall–Kier alpha value is 0.0700. The van der Waals surface area contributed by atoms with E-state index in [4.69, 9.17) is 9.15 Å². The molecular formula is C23H50NO4P. The Morgan fingerprint density at radius 2 is 1.00 bits per heavy atom. The lowest BCUT2D eigenvalue weighted by atomic mass is 10.1. The zero-order valence-corrected chi connectivity index (χ0v) is 20.6. The van der Waals surface area contributed by atoms with Gasteiger partial charge in [0.2, 0.25) is 0 Å². The average molecular weight is 436 g/mol. The summed E-state index contributed by atoms with van der Waals surface area (Å²) in [4.78, 5) is 10.1. The Labute approximate surface area is 181 Å². The number of rotatable bonds is 23. The van der Waals surface area contributed by atoms with E-state index in [0.717, 1.165) is 44.9 Å². The molecule has 1 N–H and O–H groups in total. The molecule has 0 bridgehead atoms. The predicted molar refractivity (Wildman–Crippen MR) is 124 cm³/mol. The molecule has 29 heavy (non-hydrogen) atoms. The summed E-state index contributed by atoms with van der Waals surface area (Å²) in [7, 11) is -4.01. The van der Waals surface area contributed by atoms with Crippen molar-refractivity contribution in [1.29, 1.82) is 0 Å². The molecule has 0 aromatic rings. The summed E-state index contributed by atoms with van der Waals surface area (Å²) in [6.07, 6.45) is 19.7. The normalized spacial score (nSPS) is 13.8. The Kier molecular flexibility index (Phi) is 21.4. The van der Waals surface area contributed by atoms with Crippen LogP contribution in [0, 0.1) is 0 Å². The summed E-state index contributed by atoms with van der Waals surface area (Å²) in [5, 5.41) is 1.69. The monoisotopic (exact) mass is 435 g/mol. The first kappa shape index (κ1) is 29.1. The van der Waals surface area contributed by atoms with E-state index in [1.165, 1.54) is 64.2 Å². The molecule has 0 saturated heterocycles. The van der Waals surface area contributed by atoms with Gasteiger partial charge in [-0.05, 0) is 19.3 Å². The van der Waals surface area contributed by atoms with Crippen LogP contribution in [0.1, 0.15) is 130 Å². The van der Waals surface area contributed by atoms with E-state index in [-0.39, 0.29) is 0 Å². The van der Waals surface area contributed by atoms with Gasteiger partial charge in [0.25, 0.3) is 0 Å². The van der Waals surface area contributed by atoms with Gasteiger partial charge < -0.3 is 4.89 Å². The second-order valence-electron chi connectivity index (χ2n) is 8.26. The van der Waals surface area contributed by atoms with E-state index in [1.54, 1.807) is 5.06 Å². The predicted octanol–water partition coefficient (Wildman–Crippen LogP) is 8.03. The van der Waals surface area contributed by atoms with Crippen molar-refractivity contribution in [2.45, 2.75) is 130 Å². The molecule has 1 unspecified atom stereocenters. The Morgan fingerprint density at radius 1 is 0.621 bits per heavy atom. The van der Waals surface area contributed by atoms with Crippen LogP contribution in [-0.4, -0.2) is 29.7 Å². The molecule has 0 spiro atoms. The highest BCUT2D eigenvalue weighted by atomic mass is 31.2. The Balaban J connectivity index is 4.21. The van der Waals surface area contributed by atoms with Crippen LogP contribution in [0.5, 0.6) is 0 Å². The summed E-state index contributed by atoms with van der Waals surface area (Å²) < 4.78 is 23.0. The largest absolute Gasteiger partial charge is 0.489 e. The van der Waals surface area contributed by atoms with Gasteiger partial charge in [-0.1, -0.05) is 111 Å². The number of hydrogen-bond donors (Lipinski definition) is 1. The van der Waals surface area contributed by atoms with E-state index in [9.17, 15) is 9.46 Å². The summed E-state index contributed by atoms with van der Waals surface area (Å²) >= 11 is 0. The molecule has 6 heteroatoms. The van der Waals surface area contributed by atoms with Gasteiger partial charge in [-0.15, -0.1) is 0 Å². The lowest BCUT2D eigenvalue weighted by molar-refractivity contribution is -0.0885. The minimum absolute atomic E-state index is 0.291. The van der Waals surface area contributed by atoms with E-state index in [1.807, 2.05) is 0 Å². The van der Waals surface area contributed by atoms with E-state index in [2.05, 4.69) is 20.8 Å². The van der Waals surface area contributed by atoms with E-state index in [0.29, 0.717) is 19.7 Å². The maximum atomic E-state index is 12.3. The highest BCUT2D eigenvalue weighted by Gasteiger charge is 2.25. The van der Waals surface area contributed by atoms with Crippen molar-refractivity contribution >= 4 is 7.82 Å². The smallest absolute Gasteiger partial charge is 0.301 e. The second kappa shape index (κ2) is 21.3. The zero-order chi connectivity index (χ0) is 21.6. The molecule has 0 aliphatic rings. The number of phosphoric ester groups is 1. The molecule has 0 aliphatic heterocycles. The maximum Gasteiger partial charge on any atom is 0.489 e. The fourth-order valence-corrected chi connectivity index (χ4v) is 4.25. The first-order chi connectivity index (χ1) is 14.1. The molecule has 0 aromatic heterocycles. The van der Waals surface area contributed by atoms with Gasteiger partial charge in [0.05, 0.1) is 6.61 Å². The molecule has 0 aromatic carbocycles. The number of hydroxylamine groups is 2. The van der Waals surface area contributed by atoms with Crippen LogP contribution in [0.4, 0.5) is 0 Å². The molecule has 1 atom stereocenters. The van der Waals surface area contributed by atoms with E-state index >= 15 is 0 Å². The van der Waals surface area contributed by atoms with Gasteiger partial charge in [-0.25, -0.2) is 4.57 Å². The standard InChI is InChI=1S/C23H50NO4P/c1-4-7-10-13-15-18-21-24(22-19-16-14-11-8-5-2)28-29(25,26)27-23-20-17-12-9-6-3/h4-23H2,1-3H3,(H,25,26). The maximum absolute atomic E-state index is 12.3. The van der Waals surface area contributed by atoms with Gasteiger partial charge in [0.15, 0.2) is 0 Å². The van der Waals surface area contributed by atoms with Crippen molar-refractivity contribution in [2.75, 3.05) is 19.7 Å². The molecule has 0 radical (unpaired) electrons. The van der Waals surface area contributed by atoms with Gasteiger partial charge >= 0.3 is 7.82 Å². The summed E-state index contributed by atoms with van der Waals surface area (Å²) in [5.41, 5.74) is 0. The highest BCUT2D eigenvalue weighted by Crippen LogP contribution is 2.44. The van der Waals surface area contributed by atoms with Gasteiger partial charge in [-0.2, -0.15) is 9.69 Å². The zero-order valence-electron chi connectivity index (χ0n) is 19.7. The highest BCUT2D eigenvalue weighted by molar-refractivity contribution is 7.47. The van der Waals surface area contributed by atoms with Crippen molar-refractivity contribution < 1.29 is 18.6 Å². The van der Waals surface area contributed by atoms with Crippen molar-refractivity contribution in [1.82, 2.24) is 5.06 Å². The van der Waals surface area contributed by atoms with Crippen molar-refractivity contribution in [3.63, 3.8) is 0 Å². The van der Waals surface area contributed by atoms with Gasteiger partial charge in [-0.3, -0.25) is 4.52 Å². The van der Waals surface area contributed by atoms with E-state index < -0.39 is 7.82 Å². The van der Waals surface area contributed by atoms with Crippen LogP contribution in [0.3, 0.4) is 0 Å². The number of hydrogen-bond acceptors (Lipinski definition) is 4. The van der Waals surface area contributed by atoms with Crippen LogP contribution in [0.2, 0.25) is 0 Å². The Bertz CT molecular complexity index is 366. The molecule has 5 nitrogen and oxygen atoms in total. The number of nitrogens with zero attached hydrogens (tertiary/aromatic N) is 1. The molecule has 0 heterocycles. The average Bonchev–Trinajstić information content (AvgIpc) is 2.69. The van der Waals surface area contributed by atoms with Gasteiger partial charge in [0.1, 0.15) is 0 Å². The lowest BCUT2D eigenvalue weighted by Crippen LogP contribution is -2.26. The molecule has 0 saturated carbocycles. The van der Waals surface area contributed by atoms with Crippen molar-refractivity contribution in [3.8, 4) is 0 Å². The lowest BCUT2D eigenvalue weighted by Gasteiger charge is -2.24. The first-order valence-corrected chi connectivity index (χ1v) is 14.0. The second-order valence-corrected chi connectivity index (χ2v) is 9.62. The summed E-state index contributed by atoms with van der Waals surface area (Å²) in [6.45, 7) is 8.31. The molecule has 0 rings (SSSR count). The molecule has 0 amide bonds. The number of phosphoric acid groups is 1. The van der Waals surface area contributed by atoms with Crippen molar-refractivity contribution in [3.05, 3.63) is 0 Å². The molecule has 176 valence electrons. The molecule has 0 fully saturated rings. The van der Waals surface area contributed by atoms with Crippen LogP contribution < -0.4 is 0 Å². The van der Waals surface area contributed by atoms with Crippen LogP contribution >= 0.6 is 7.82 Å². The Morgan fingerprint density at radius 3 is 1.45 bits per heavy atom. The van der Waals surface area contributed by atoms with Crippen molar-refractivity contribution in [2.24, 2.45) is 0 Å². The molecular weight excluding hydrogens is 385 g/mol. The molecule has 0 aliphatic carbocycles. The third-order valence-corrected chi connectivity index (χ3v) is 6.19. The SMILES string of the molecule is CCCCCCCCN(CCCCCCCC)OP(=O)(O)OCCCCCCC. The van der Waals surface area contributed by atoms with Crippen LogP contribution in [0.25, 0.3) is 0 Å². The third kappa shape index (κ3) is 21.1. The first-order valence-electron chi connectivity index (χ1n) is 12.5. The minimum atomic E-state index is -4.01. The topological polar surface area (TPSA) is 59.0 Å². The summed E-state index contributed by atoms with van der Waals surface area (Å²) in [6, 6.07) is 0. The minimum Gasteiger partial charge on any atom is -0.301 e. The van der Waals surface area contributed by atoms with Crippen LogP contribution in [-0.2, 0) is 13.7 Å². The van der Waals surface area contributed by atoms with Gasteiger partial charge in [0, 0.05) is 13.1 Å². The van der Waals surface area contributed by atoms with Crippen LogP contribution in [0.15, 0.2) is 0 Å². The number of unbranched alkanes of at least 4 members (excludes halogenated alkanes) is 14.